The molecule has 1 aliphatic heterocycles. The largest absolute Gasteiger partial charge is 0.315 e. The standard InChI is InChI=1S/C11H13N3O2S/c12-7-9-3-1-2-4-11(9)17(15,16)14-10-5-6-13-8-10/h1-4,10,13-14H,5-6,8H2/t10-/m1/s1. The molecule has 2 N–H and O–H groups in total. The molecule has 0 unspecified atom stereocenters. The Bertz CT molecular complexity index is 542. The van der Waals surface area contributed by atoms with Gasteiger partial charge in [0.2, 0.25) is 10.0 Å². The van der Waals surface area contributed by atoms with Gasteiger partial charge in [-0.25, -0.2) is 13.1 Å². The molecule has 0 aromatic heterocycles. The fourth-order valence-electron chi connectivity index (χ4n) is 1.83. The molecule has 1 aromatic rings. The first-order chi connectivity index (χ1) is 8.13. The van der Waals surface area contributed by atoms with Crippen molar-refractivity contribution in [3.05, 3.63) is 29.8 Å². The second-order valence-corrected chi connectivity index (χ2v) is 5.60. The van der Waals surface area contributed by atoms with E-state index in [0.717, 1.165) is 13.0 Å². The van der Waals surface area contributed by atoms with E-state index in [1.807, 2.05) is 6.07 Å². The quantitative estimate of drug-likeness (QED) is 0.804. The molecule has 90 valence electrons. The van der Waals surface area contributed by atoms with Gasteiger partial charge in [0, 0.05) is 12.6 Å². The maximum atomic E-state index is 12.1. The summed E-state index contributed by atoms with van der Waals surface area (Å²) in [6.45, 7) is 1.45. The summed E-state index contributed by atoms with van der Waals surface area (Å²) < 4.78 is 26.8. The third-order valence-corrected chi connectivity index (χ3v) is 4.26. The molecule has 1 aliphatic rings. The second kappa shape index (κ2) is 4.84. The van der Waals surface area contributed by atoms with E-state index in [2.05, 4.69) is 10.0 Å². The molecule has 0 bridgehead atoms. The number of rotatable bonds is 3. The Morgan fingerprint density at radius 1 is 1.41 bits per heavy atom. The Morgan fingerprint density at radius 3 is 2.82 bits per heavy atom. The first-order valence-corrected chi connectivity index (χ1v) is 6.84. The number of nitrogens with zero attached hydrogens (tertiary/aromatic N) is 1. The van der Waals surface area contributed by atoms with Gasteiger partial charge in [0.05, 0.1) is 10.5 Å². The van der Waals surface area contributed by atoms with E-state index in [1.165, 1.54) is 12.1 Å². The van der Waals surface area contributed by atoms with Gasteiger partial charge in [0.25, 0.3) is 0 Å². The molecule has 0 spiro atoms. The number of hydrogen-bond acceptors (Lipinski definition) is 4. The van der Waals surface area contributed by atoms with E-state index in [0.29, 0.717) is 6.54 Å². The number of nitriles is 1. The van der Waals surface area contributed by atoms with Gasteiger partial charge in [-0.05, 0) is 25.1 Å². The van der Waals surface area contributed by atoms with Crippen molar-refractivity contribution in [1.82, 2.24) is 10.0 Å². The lowest BCUT2D eigenvalue weighted by Gasteiger charge is -2.12. The van der Waals surface area contributed by atoms with Crippen molar-refractivity contribution in [2.45, 2.75) is 17.4 Å². The highest BCUT2D eigenvalue weighted by molar-refractivity contribution is 7.89. The zero-order valence-corrected chi connectivity index (χ0v) is 10.00. The summed E-state index contributed by atoms with van der Waals surface area (Å²) in [5.74, 6) is 0. The molecule has 6 heteroatoms. The molecule has 0 amide bonds. The minimum absolute atomic E-state index is 0.0504. The number of nitrogens with one attached hydrogen (secondary N) is 2. The topological polar surface area (TPSA) is 82.0 Å². The average molecular weight is 251 g/mol. The van der Waals surface area contributed by atoms with Crippen LogP contribution in [-0.4, -0.2) is 27.5 Å². The number of hydrogen-bond donors (Lipinski definition) is 2. The molecular weight excluding hydrogens is 238 g/mol. The Morgan fingerprint density at radius 2 is 2.18 bits per heavy atom. The van der Waals surface area contributed by atoms with Crippen LogP contribution in [0.3, 0.4) is 0 Å². The summed E-state index contributed by atoms with van der Waals surface area (Å²) >= 11 is 0. The molecule has 5 nitrogen and oxygen atoms in total. The van der Waals surface area contributed by atoms with Crippen LogP contribution in [0.5, 0.6) is 0 Å². The normalized spacial score (nSPS) is 20.1. The molecule has 0 aliphatic carbocycles. The predicted octanol–water partition coefficient (Wildman–Crippen LogP) is 0.198. The summed E-state index contributed by atoms with van der Waals surface area (Å²) in [6, 6.07) is 8.01. The summed E-state index contributed by atoms with van der Waals surface area (Å²) in [7, 11) is -3.60. The first kappa shape index (κ1) is 12.0. The number of sulfonamides is 1. The van der Waals surface area contributed by atoms with Crippen LogP contribution in [0.1, 0.15) is 12.0 Å². The van der Waals surface area contributed by atoms with Crippen molar-refractivity contribution in [3.8, 4) is 6.07 Å². The zero-order valence-electron chi connectivity index (χ0n) is 9.18. The van der Waals surface area contributed by atoms with E-state index >= 15 is 0 Å². The van der Waals surface area contributed by atoms with Gasteiger partial charge in [0.1, 0.15) is 6.07 Å². The van der Waals surface area contributed by atoms with E-state index in [-0.39, 0.29) is 16.5 Å². The molecule has 1 atom stereocenters. The Hall–Kier alpha value is -1.42. The monoisotopic (exact) mass is 251 g/mol. The molecule has 17 heavy (non-hydrogen) atoms. The second-order valence-electron chi connectivity index (χ2n) is 3.92. The van der Waals surface area contributed by atoms with Crippen LogP contribution in [0.4, 0.5) is 0 Å². The maximum absolute atomic E-state index is 12.1. The molecular formula is C11H13N3O2S. The summed E-state index contributed by atoms with van der Waals surface area (Å²) in [6.07, 6.45) is 0.772. The van der Waals surface area contributed by atoms with E-state index in [9.17, 15) is 8.42 Å². The molecule has 1 fully saturated rings. The average Bonchev–Trinajstić information content (AvgIpc) is 2.81. The van der Waals surface area contributed by atoms with Crippen molar-refractivity contribution in [2.24, 2.45) is 0 Å². The molecule has 0 radical (unpaired) electrons. The Labute approximate surface area is 101 Å². The van der Waals surface area contributed by atoms with Gasteiger partial charge in [-0.2, -0.15) is 5.26 Å². The smallest absolute Gasteiger partial charge is 0.242 e. The van der Waals surface area contributed by atoms with E-state index < -0.39 is 10.0 Å². The summed E-state index contributed by atoms with van der Waals surface area (Å²) in [5, 5.41) is 12.0. The molecule has 1 heterocycles. The Kier molecular flexibility index (Phi) is 3.43. The van der Waals surface area contributed by atoms with Crippen LogP contribution in [0, 0.1) is 11.3 Å². The van der Waals surface area contributed by atoms with Gasteiger partial charge in [0.15, 0.2) is 0 Å². The third kappa shape index (κ3) is 2.64. The van der Waals surface area contributed by atoms with E-state index in [1.54, 1.807) is 12.1 Å². The highest BCUT2D eigenvalue weighted by atomic mass is 32.2. The highest BCUT2D eigenvalue weighted by Gasteiger charge is 2.24. The van der Waals surface area contributed by atoms with Crippen molar-refractivity contribution < 1.29 is 8.42 Å². The van der Waals surface area contributed by atoms with Crippen molar-refractivity contribution >= 4 is 10.0 Å². The fraction of sp³-hybridized carbons (Fsp3) is 0.364. The van der Waals surface area contributed by atoms with Gasteiger partial charge < -0.3 is 5.32 Å². The summed E-state index contributed by atoms with van der Waals surface area (Å²) in [4.78, 5) is 0.0504. The summed E-state index contributed by atoms with van der Waals surface area (Å²) in [5.41, 5.74) is 0.172. The van der Waals surface area contributed by atoms with Gasteiger partial charge in [-0.1, -0.05) is 12.1 Å². The number of benzene rings is 1. The van der Waals surface area contributed by atoms with Crippen LogP contribution in [0.15, 0.2) is 29.2 Å². The molecule has 1 saturated heterocycles. The lowest BCUT2D eigenvalue weighted by Crippen LogP contribution is -2.36. The highest BCUT2D eigenvalue weighted by Crippen LogP contribution is 2.15. The zero-order chi connectivity index (χ0) is 12.3. The lowest BCUT2D eigenvalue weighted by atomic mass is 10.2. The maximum Gasteiger partial charge on any atom is 0.242 e. The molecule has 2 rings (SSSR count). The van der Waals surface area contributed by atoms with Crippen LogP contribution >= 0.6 is 0 Å². The van der Waals surface area contributed by atoms with Crippen LogP contribution in [0.25, 0.3) is 0 Å². The molecule has 1 aromatic carbocycles. The van der Waals surface area contributed by atoms with Gasteiger partial charge in [-0.3, -0.25) is 0 Å². The molecule has 0 saturated carbocycles. The van der Waals surface area contributed by atoms with Gasteiger partial charge in [-0.15, -0.1) is 0 Å². The van der Waals surface area contributed by atoms with Crippen LogP contribution in [0.2, 0.25) is 0 Å². The predicted molar refractivity (Wildman–Crippen MR) is 62.8 cm³/mol. The third-order valence-electron chi connectivity index (χ3n) is 2.68. The minimum atomic E-state index is -3.60. The van der Waals surface area contributed by atoms with Crippen LogP contribution in [-0.2, 0) is 10.0 Å². The lowest BCUT2D eigenvalue weighted by molar-refractivity contribution is 0.560. The minimum Gasteiger partial charge on any atom is -0.315 e. The van der Waals surface area contributed by atoms with Crippen molar-refractivity contribution in [3.63, 3.8) is 0 Å². The SMILES string of the molecule is N#Cc1ccccc1S(=O)(=O)N[C@@H]1CCNC1. The fourth-order valence-corrected chi connectivity index (χ4v) is 3.26. The van der Waals surface area contributed by atoms with E-state index in [4.69, 9.17) is 5.26 Å². The van der Waals surface area contributed by atoms with Crippen molar-refractivity contribution in [2.75, 3.05) is 13.1 Å². The first-order valence-electron chi connectivity index (χ1n) is 5.35. The Balaban J connectivity index is 2.28. The van der Waals surface area contributed by atoms with Crippen molar-refractivity contribution in [1.29, 1.82) is 5.26 Å². The van der Waals surface area contributed by atoms with Crippen LogP contribution < -0.4 is 10.0 Å². The van der Waals surface area contributed by atoms with Gasteiger partial charge >= 0.3 is 0 Å².